The second-order valence-electron chi connectivity index (χ2n) is 4.53. The average molecular weight is 261 g/mol. The van der Waals surface area contributed by atoms with Crippen LogP contribution in [0.5, 0.6) is 0 Å². The zero-order valence-corrected chi connectivity index (χ0v) is 11.4. The Hall–Kier alpha value is -1.67. The summed E-state index contributed by atoms with van der Waals surface area (Å²) in [6.45, 7) is 2.81. The monoisotopic (exact) mass is 260 g/mol. The number of aryl methyl sites for hydroxylation is 1. The van der Waals surface area contributed by atoms with E-state index in [1.165, 1.54) is 5.56 Å². The highest BCUT2D eigenvalue weighted by Crippen LogP contribution is 2.23. The van der Waals surface area contributed by atoms with Crippen LogP contribution >= 0.6 is 11.6 Å². The minimum Gasteiger partial charge on any atom is -0.399 e. The van der Waals surface area contributed by atoms with E-state index in [-0.39, 0.29) is 0 Å². The molecule has 2 N–H and O–H groups in total. The van der Waals surface area contributed by atoms with Crippen LogP contribution in [0.15, 0.2) is 42.5 Å². The molecule has 0 fully saturated rings. The van der Waals surface area contributed by atoms with Gasteiger partial charge in [-0.15, -0.1) is 0 Å². The quantitative estimate of drug-likeness (QED) is 0.849. The van der Waals surface area contributed by atoms with E-state index in [0.29, 0.717) is 0 Å². The van der Waals surface area contributed by atoms with Crippen molar-refractivity contribution in [1.82, 2.24) is 0 Å². The molecular formula is C15H17ClN2. The third kappa shape index (κ3) is 2.96. The second kappa shape index (κ2) is 5.32. The number of nitrogens with two attached hydrogens (primary N) is 1. The fraction of sp³-hybridized carbons (Fsp3) is 0.200. The Morgan fingerprint density at radius 3 is 2.61 bits per heavy atom. The van der Waals surface area contributed by atoms with Crippen LogP contribution in [0.1, 0.15) is 11.1 Å². The van der Waals surface area contributed by atoms with E-state index in [1.54, 1.807) is 0 Å². The highest BCUT2D eigenvalue weighted by atomic mass is 35.5. The summed E-state index contributed by atoms with van der Waals surface area (Å²) in [5, 5.41) is 0.798. The molecule has 2 rings (SSSR count). The SMILES string of the molecule is Cc1ccc(N(C)Cc2cccc(N)c2)cc1Cl. The summed E-state index contributed by atoms with van der Waals surface area (Å²) in [5.74, 6) is 0. The molecule has 0 aromatic heterocycles. The van der Waals surface area contributed by atoms with Crippen molar-refractivity contribution in [3.8, 4) is 0 Å². The molecular weight excluding hydrogens is 244 g/mol. The van der Waals surface area contributed by atoms with E-state index in [1.807, 2.05) is 44.3 Å². The molecule has 0 saturated heterocycles. The molecule has 0 unspecified atom stereocenters. The largest absolute Gasteiger partial charge is 0.399 e. The molecule has 0 bridgehead atoms. The second-order valence-corrected chi connectivity index (χ2v) is 4.94. The van der Waals surface area contributed by atoms with Gasteiger partial charge >= 0.3 is 0 Å². The Labute approximate surface area is 113 Å². The minimum atomic E-state index is 0.794. The molecule has 0 heterocycles. The molecule has 0 aliphatic heterocycles. The highest BCUT2D eigenvalue weighted by molar-refractivity contribution is 6.31. The molecule has 0 aliphatic rings. The van der Waals surface area contributed by atoms with E-state index < -0.39 is 0 Å². The van der Waals surface area contributed by atoms with Crippen LogP contribution in [0.25, 0.3) is 0 Å². The number of nitrogen functional groups attached to an aromatic ring is 1. The maximum atomic E-state index is 6.14. The lowest BCUT2D eigenvalue weighted by molar-refractivity contribution is 0.923. The summed E-state index contributed by atoms with van der Waals surface area (Å²) in [7, 11) is 2.05. The van der Waals surface area contributed by atoms with Gasteiger partial charge in [-0.1, -0.05) is 29.8 Å². The first-order chi connectivity index (χ1) is 8.56. The van der Waals surface area contributed by atoms with Crippen LogP contribution < -0.4 is 10.6 Å². The topological polar surface area (TPSA) is 29.3 Å². The molecule has 94 valence electrons. The Morgan fingerprint density at radius 1 is 1.17 bits per heavy atom. The molecule has 0 saturated carbocycles. The van der Waals surface area contributed by atoms with Crippen molar-refractivity contribution in [2.24, 2.45) is 0 Å². The average Bonchev–Trinajstić information content (AvgIpc) is 2.32. The van der Waals surface area contributed by atoms with Crippen LogP contribution in [0.2, 0.25) is 5.02 Å². The van der Waals surface area contributed by atoms with Crippen molar-refractivity contribution in [2.75, 3.05) is 17.7 Å². The van der Waals surface area contributed by atoms with Crippen LogP contribution in [-0.4, -0.2) is 7.05 Å². The molecule has 0 atom stereocenters. The van der Waals surface area contributed by atoms with Crippen molar-refractivity contribution < 1.29 is 0 Å². The lowest BCUT2D eigenvalue weighted by Crippen LogP contribution is -2.16. The van der Waals surface area contributed by atoms with Crippen molar-refractivity contribution in [3.63, 3.8) is 0 Å². The summed E-state index contributed by atoms with van der Waals surface area (Å²) in [4.78, 5) is 2.15. The third-order valence-corrected chi connectivity index (χ3v) is 3.37. The van der Waals surface area contributed by atoms with Crippen LogP contribution in [0.4, 0.5) is 11.4 Å². The predicted molar refractivity (Wildman–Crippen MR) is 79.2 cm³/mol. The summed E-state index contributed by atoms with van der Waals surface area (Å²) < 4.78 is 0. The van der Waals surface area contributed by atoms with Crippen LogP contribution in [0, 0.1) is 6.92 Å². The Morgan fingerprint density at radius 2 is 1.94 bits per heavy atom. The number of hydrogen-bond donors (Lipinski definition) is 1. The van der Waals surface area contributed by atoms with Gasteiger partial charge in [0.15, 0.2) is 0 Å². The molecule has 2 aromatic carbocycles. The van der Waals surface area contributed by atoms with Crippen molar-refractivity contribution >= 4 is 23.0 Å². The first-order valence-corrected chi connectivity index (χ1v) is 6.26. The van der Waals surface area contributed by atoms with Gasteiger partial charge in [-0.2, -0.15) is 0 Å². The van der Waals surface area contributed by atoms with E-state index in [9.17, 15) is 0 Å². The lowest BCUT2D eigenvalue weighted by Gasteiger charge is -2.20. The number of rotatable bonds is 3. The van der Waals surface area contributed by atoms with E-state index in [2.05, 4.69) is 17.0 Å². The van der Waals surface area contributed by atoms with Gasteiger partial charge in [-0.3, -0.25) is 0 Å². The first kappa shape index (κ1) is 12.8. The smallest absolute Gasteiger partial charge is 0.0455 e. The fourth-order valence-electron chi connectivity index (χ4n) is 1.88. The minimum absolute atomic E-state index is 0.794. The third-order valence-electron chi connectivity index (χ3n) is 2.97. The van der Waals surface area contributed by atoms with Gasteiger partial charge in [0.05, 0.1) is 0 Å². The molecule has 0 aliphatic carbocycles. The zero-order valence-electron chi connectivity index (χ0n) is 10.7. The standard InChI is InChI=1S/C15H17ClN2/c1-11-6-7-14(9-15(11)16)18(2)10-12-4-3-5-13(17)8-12/h3-9H,10,17H2,1-2H3. The van der Waals surface area contributed by atoms with Gasteiger partial charge in [0, 0.05) is 30.0 Å². The van der Waals surface area contributed by atoms with E-state index >= 15 is 0 Å². The van der Waals surface area contributed by atoms with Crippen molar-refractivity contribution in [2.45, 2.75) is 13.5 Å². The first-order valence-electron chi connectivity index (χ1n) is 5.88. The summed E-state index contributed by atoms with van der Waals surface area (Å²) in [6, 6.07) is 14.0. The zero-order chi connectivity index (χ0) is 13.1. The summed E-state index contributed by atoms with van der Waals surface area (Å²) in [6.07, 6.45) is 0. The molecule has 18 heavy (non-hydrogen) atoms. The van der Waals surface area contributed by atoms with Gasteiger partial charge in [-0.25, -0.2) is 0 Å². The van der Waals surface area contributed by atoms with Gasteiger partial charge in [0.25, 0.3) is 0 Å². The molecule has 2 aromatic rings. The summed E-state index contributed by atoms with van der Waals surface area (Å²) in [5.41, 5.74) is 9.96. The van der Waals surface area contributed by atoms with Crippen LogP contribution in [0.3, 0.4) is 0 Å². The van der Waals surface area contributed by atoms with Gasteiger partial charge in [0.2, 0.25) is 0 Å². The Bertz CT molecular complexity index is 552. The van der Waals surface area contributed by atoms with Gasteiger partial charge < -0.3 is 10.6 Å². The maximum Gasteiger partial charge on any atom is 0.0455 e. The number of anilines is 2. The lowest BCUT2D eigenvalue weighted by atomic mass is 10.1. The van der Waals surface area contributed by atoms with Crippen LogP contribution in [-0.2, 0) is 6.54 Å². The van der Waals surface area contributed by atoms with Gasteiger partial charge in [0.1, 0.15) is 0 Å². The van der Waals surface area contributed by atoms with Crippen molar-refractivity contribution in [1.29, 1.82) is 0 Å². The summed E-state index contributed by atoms with van der Waals surface area (Å²) >= 11 is 6.14. The molecule has 0 spiro atoms. The van der Waals surface area contributed by atoms with Crippen molar-refractivity contribution in [3.05, 3.63) is 58.6 Å². The molecule has 0 amide bonds. The predicted octanol–water partition coefficient (Wildman–Crippen LogP) is 3.87. The Balaban J connectivity index is 2.16. The fourth-order valence-corrected chi connectivity index (χ4v) is 2.05. The highest BCUT2D eigenvalue weighted by Gasteiger charge is 2.04. The van der Waals surface area contributed by atoms with E-state index in [0.717, 1.165) is 28.5 Å². The normalized spacial score (nSPS) is 10.4. The number of halogens is 1. The molecule has 3 heteroatoms. The van der Waals surface area contributed by atoms with Gasteiger partial charge in [-0.05, 0) is 42.3 Å². The van der Waals surface area contributed by atoms with E-state index in [4.69, 9.17) is 17.3 Å². The maximum absolute atomic E-state index is 6.14. The Kier molecular flexibility index (Phi) is 3.78. The molecule has 2 nitrogen and oxygen atoms in total. The number of benzene rings is 2. The number of nitrogens with zero attached hydrogens (tertiary/aromatic N) is 1. The number of hydrogen-bond acceptors (Lipinski definition) is 2. The molecule has 0 radical (unpaired) electrons.